The number of nitrogens with zero attached hydrogens (tertiary/aromatic N) is 1. The summed E-state index contributed by atoms with van der Waals surface area (Å²) in [5.41, 5.74) is -0.0651. The van der Waals surface area contributed by atoms with Crippen molar-refractivity contribution < 1.29 is 19.8 Å². The molecule has 4 saturated carbocycles. The Kier molecular flexibility index (Phi) is 3.39. The highest BCUT2D eigenvalue weighted by molar-refractivity contribution is 5.03. The molecule has 1 N–H and O–H groups in total. The van der Waals surface area contributed by atoms with E-state index in [0.29, 0.717) is 0 Å². The Morgan fingerprint density at radius 2 is 1.68 bits per heavy atom. The SMILES string of the molecule is O=[N+]([O-])OC[C@H](O)COC12CC3CC(CC(C3)C1)C2. The molecule has 0 aliphatic heterocycles. The van der Waals surface area contributed by atoms with Gasteiger partial charge in [0.15, 0.2) is 0 Å². The lowest BCUT2D eigenvalue weighted by atomic mass is 9.54. The minimum Gasteiger partial charge on any atom is -0.389 e. The van der Waals surface area contributed by atoms with Gasteiger partial charge in [-0.25, -0.2) is 0 Å². The fourth-order valence-corrected chi connectivity index (χ4v) is 4.68. The van der Waals surface area contributed by atoms with Crippen LogP contribution in [0.4, 0.5) is 0 Å². The second kappa shape index (κ2) is 4.90. The third-order valence-corrected chi connectivity index (χ3v) is 4.94. The lowest BCUT2D eigenvalue weighted by Crippen LogP contribution is -2.52. The number of aliphatic hydroxyl groups excluding tert-OH is 1. The van der Waals surface area contributed by atoms with Crippen LogP contribution in [0.2, 0.25) is 0 Å². The topological polar surface area (TPSA) is 81.8 Å². The highest BCUT2D eigenvalue weighted by Crippen LogP contribution is 2.57. The van der Waals surface area contributed by atoms with Crippen molar-refractivity contribution in [3.63, 3.8) is 0 Å². The molecular formula is C13H21NO5. The predicted octanol–water partition coefficient (Wildman–Crippen LogP) is 1.54. The molecule has 4 aliphatic carbocycles. The zero-order chi connectivity index (χ0) is 13.5. The van der Waals surface area contributed by atoms with Gasteiger partial charge in [-0.05, 0) is 56.3 Å². The first-order valence-corrected chi connectivity index (χ1v) is 7.14. The van der Waals surface area contributed by atoms with E-state index in [1.165, 1.54) is 19.3 Å². The summed E-state index contributed by atoms with van der Waals surface area (Å²) in [5, 5.41) is 18.8. The maximum Gasteiger partial charge on any atom is 0.294 e. The first-order chi connectivity index (χ1) is 9.05. The molecule has 4 bridgehead atoms. The normalized spacial score (nSPS) is 41.2. The molecule has 0 amide bonds. The smallest absolute Gasteiger partial charge is 0.294 e. The molecule has 0 aromatic heterocycles. The Hall–Kier alpha value is -0.880. The zero-order valence-corrected chi connectivity index (χ0v) is 11.0. The average molecular weight is 271 g/mol. The molecule has 1 atom stereocenters. The van der Waals surface area contributed by atoms with Crippen molar-refractivity contribution in [3.05, 3.63) is 10.1 Å². The molecule has 0 radical (unpaired) electrons. The van der Waals surface area contributed by atoms with Crippen LogP contribution >= 0.6 is 0 Å². The quantitative estimate of drug-likeness (QED) is 0.585. The fraction of sp³-hybridized carbons (Fsp3) is 1.00. The van der Waals surface area contributed by atoms with E-state index >= 15 is 0 Å². The van der Waals surface area contributed by atoms with Gasteiger partial charge in [0.05, 0.1) is 12.2 Å². The molecule has 0 unspecified atom stereocenters. The average Bonchev–Trinajstić information content (AvgIpc) is 2.32. The van der Waals surface area contributed by atoms with E-state index in [1.807, 2.05) is 0 Å². The Morgan fingerprint density at radius 1 is 1.16 bits per heavy atom. The molecule has 0 spiro atoms. The van der Waals surface area contributed by atoms with Gasteiger partial charge in [0.25, 0.3) is 5.09 Å². The minimum absolute atomic E-state index is 0.0651. The van der Waals surface area contributed by atoms with Gasteiger partial charge in [0, 0.05) is 0 Å². The van der Waals surface area contributed by atoms with Crippen LogP contribution in [0.1, 0.15) is 38.5 Å². The van der Waals surface area contributed by atoms with Crippen molar-refractivity contribution in [2.24, 2.45) is 17.8 Å². The standard InChI is InChI=1S/C13H21NO5/c15-12(8-19-14(16)17)7-18-13-4-9-1-10(5-13)3-11(2-9)6-13/h9-12,15H,1-8H2/t9?,10?,11?,12-,13?/m1/s1. The molecule has 0 heterocycles. The van der Waals surface area contributed by atoms with E-state index in [2.05, 4.69) is 4.84 Å². The van der Waals surface area contributed by atoms with Gasteiger partial charge in [-0.3, -0.25) is 0 Å². The highest BCUT2D eigenvalue weighted by atomic mass is 17.0. The molecule has 108 valence electrons. The second-order valence-corrected chi connectivity index (χ2v) is 6.58. The van der Waals surface area contributed by atoms with E-state index in [0.717, 1.165) is 37.0 Å². The van der Waals surface area contributed by atoms with Gasteiger partial charge < -0.3 is 14.7 Å². The molecular weight excluding hydrogens is 250 g/mol. The lowest BCUT2D eigenvalue weighted by molar-refractivity contribution is -0.759. The van der Waals surface area contributed by atoms with Gasteiger partial charge >= 0.3 is 0 Å². The predicted molar refractivity (Wildman–Crippen MR) is 65.8 cm³/mol. The van der Waals surface area contributed by atoms with Crippen LogP contribution < -0.4 is 0 Å². The summed E-state index contributed by atoms with van der Waals surface area (Å²) >= 11 is 0. The van der Waals surface area contributed by atoms with Crippen LogP contribution in [0, 0.1) is 27.9 Å². The van der Waals surface area contributed by atoms with Crippen LogP contribution in [0.5, 0.6) is 0 Å². The summed E-state index contributed by atoms with van der Waals surface area (Å²) in [6.07, 6.45) is 6.41. The van der Waals surface area contributed by atoms with E-state index < -0.39 is 11.2 Å². The summed E-state index contributed by atoms with van der Waals surface area (Å²) in [6, 6.07) is 0. The van der Waals surface area contributed by atoms with Gasteiger partial charge in [-0.2, -0.15) is 0 Å². The van der Waals surface area contributed by atoms with Crippen molar-refractivity contribution in [1.82, 2.24) is 0 Å². The van der Waals surface area contributed by atoms with E-state index in [4.69, 9.17) is 4.74 Å². The van der Waals surface area contributed by atoms with E-state index in [-0.39, 0.29) is 18.8 Å². The van der Waals surface area contributed by atoms with Gasteiger partial charge in [0.1, 0.15) is 12.7 Å². The van der Waals surface area contributed by atoms with Crippen molar-refractivity contribution >= 4 is 0 Å². The van der Waals surface area contributed by atoms with Gasteiger partial charge in [0.2, 0.25) is 0 Å². The molecule has 0 aromatic rings. The van der Waals surface area contributed by atoms with E-state index in [1.54, 1.807) is 0 Å². The van der Waals surface area contributed by atoms with Crippen LogP contribution in [-0.2, 0) is 9.57 Å². The van der Waals surface area contributed by atoms with E-state index in [9.17, 15) is 15.2 Å². The molecule has 19 heavy (non-hydrogen) atoms. The van der Waals surface area contributed by atoms with Crippen molar-refractivity contribution in [2.75, 3.05) is 13.2 Å². The second-order valence-electron chi connectivity index (χ2n) is 6.58. The summed E-state index contributed by atoms with van der Waals surface area (Å²) in [6.45, 7) is -0.167. The zero-order valence-electron chi connectivity index (χ0n) is 11.0. The highest BCUT2D eigenvalue weighted by Gasteiger charge is 2.51. The molecule has 6 nitrogen and oxygen atoms in total. The Labute approximate surface area is 112 Å². The van der Waals surface area contributed by atoms with Crippen LogP contribution in [-0.4, -0.2) is 35.1 Å². The van der Waals surface area contributed by atoms with Gasteiger partial charge in [-0.1, -0.05) is 0 Å². The maximum absolute atomic E-state index is 10.1. The summed E-state index contributed by atoms with van der Waals surface area (Å²) in [5.74, 6) is 2.37. The van der Waals surface area contributed by atoms with Crippen LogP contribution in [0.3, 0.4) is 0 Å². The number of rotatable bonds is 6. The number of hydrogen-bond acceptors (Lipinski definition) is 5. The third-order valence-electron chi connectivity index (χ3n) is 4.94. The third kappa shape index (κ3) is 2.84. The number of hydrogen-bond donors (Lipinski definition) is 1. The molecule has 6 heteroatoms. The monoisotopic (exact) mass is 271 g/mol. The maximum atomic E-state index is 10.1. The summed E-state index contributed by atoms with van der Waals surface area (Å²) < 4.78 is 5.98. The lowest BCUT2D eigenvalue weighted by Gasteiger charge is -2.56. The first kappa shape index (κ1) is 13.1. The molecule has 4 fully saturated rings. The van der Waals surface area contributed by atoms with Crippen LogP contribution in [0.15, 0.2) is 0 Å². The Morgan fingerprint density at radius 3 is 2.16 bits per heavy atom. The first-order valence-electron chi connectivity index (χ1n) is 7.14. The molecule has 4 aliphatic rings. The van der Waals surface area contributed by atoms with Crippen molar-refractivity contribution in [1.29, 1.82) is 0 Å². The molecule has 4 rings (SSSR count). The number of ether oxygens (including phenoxy) is 1. The Bertz CT molecular complexity index is 324. The van der Waals surface area contributed by atoms with Gasteiger partial charge in [-0.15, -0.1) is 10.1 Å². The largest absolute Gasteiger partial charge is 0.389 e. The minimum atomic E-state index is -0.918. The van der Waals surface area contributed by atoms with Crippen molar-refractivity contribution in [2.45, 2.75) is 50.2 Å². The van der Waals surface area contributed by atoms with Crippen LogP contribution in [0.25, 0.3) is 0 Å². The van der Waals surface area contributed by atoms with Crippen molar-refractivity contribution in [3.8, 4) is 0 Å². The summed E-state index contributed by atoms with van der Waals surface area (Å²) in [7, 11) is 0. The fourth-order valence-electron chi connectivity index (χ4n) is 4.68. The molecule has 0 aromatic carbocycles. The summed E-state index contributed by atoms with van der Waals surface area (Å²) in [4.78, 5) is 14.2. The molecule has 0 saturated heterocycles. The number of aliphatic hydroxyl groups is 1. The Balaban J connectivity index is 1.51.